The molecular weight excluding hydrogens is 292 g/mol. The van der Waals surface area contributed by atoms with Gasteiger partial charge in [0.25, 0.3) is 0 Å². The molecule has 3 rings (SSSR count). The number of para-hydroxylation sites is 2. The quantitative estimate of drug-likeness (QED) is 0.829. The second-order valence-electron chi connectivity index (χ2n) is 6.34. The van der Waals surface area contributed by atoms with Crippen molar-refractivity contribution in [3.63, 3.8) is 0 Å². The highest BCUT2D eigenvalue weighted by Crippen LogP contribution is 2.32. The minimum atomic E-state index is -0.488. The van der Waals surface area contributed by atoms with Crippen molar-refractivity contribution in [1.82, 2.24) is 20.2 Å². The van der Waals surface area contributed by atoms with Gasteiger partial charge in [0.05, 0.1) is 17.1 Å². The summed E-state index contributed by atoms with van der Waals surface area (Å²) in [5.74, 6) is 0.838. The van der Waals surface area contributed by atoms with Gasteiger partial charge in [-0.1, -0.05) is 26.0 Å². The van der Waals surface area contributed by atoms with Gasteiger partial charge in [0.2, 0.25) is 12.3 Å². The molecule has 6 nitrogen and oxygen atoms in total. The average molecular weight is 314 g/mol. The van der Waals surface area contributed by atoms with Crippen LogP contribution in [0.5, 0.6) is 0 Å². The zero-order valence-corrected chi connectivity index (χ0v) is 13.5. The van der Waals surface area contributed by atoms with Gasteiger partial charge in [0, 0.05) is 6.54 Å². The molecular formula is C17H22N4O2. The molecule has 2 amide bonds. The van der Waals surface area contributed by atoms with Gasteiger partial charge in [-0.15, -0.1) is 0 Å². The Kier molecular flexibility index (Phi) is 4.32. The van der Waals surface area contributed by atoms with E-state index in [0.717, 1.165) is 29.7 Å². The van der Waals surface area contributed by atoms with Gasteiger partial charge in [0.1, 0.15) is 11.9 Å². The van der Waals surface area contributed by atoms with Crippen molar-refractivity contribution in [2.45, 2.75) is 38.8 Å². The molecule has 2 heterocycles. The Morgan fingerprint density at radius 1 is 1.43 bits per heavy atom. The maximum absolute atomic E-state index is 12.8. The van der Waals surface area contributed by atoms with E-state index in [1.807, 2.05) is 43.0 Å². The number of fused-ring (bicyclic) bond motifs is 1. The number of aromatic nitrogens is 2. The molecule has 0 saturated carbocycles. The molecule has 0 bridgehead atoms. The molecule has 2 atom stereocenters. The smallest absolute Gasteiger partial charge is 0.246 e. The Morgan fingerprint density at radius 3 is 2.91 bits per heavy atom. The number of rotatable bonds is 5. The first-order valence-electron chi connectivity index (χ1n) is 8.06. The fourth-order valence-electron chi connectivity index (χ4n) is 3.25. The predicted molar refractivity (Wildman–Crippen MR) is 87.6 cm³/mol. The standard InChI is InChI=1S/C17H22N4O2/c1-11(2)15(18-10-22)17(23)21-9-5-8-14(21)16-19-12-6-3-4-7-13(12)20-16/h3-4,6-7,10-11,14-15H,5,8-9H2,1-2H3,(H,18,22)(H,19,20). The topological polar surface area (TPSA) is 78.1 Å². The SMILES string of the molecule is CC(C)C(NC=O)C(=O)N1CCCC1c1nc2ccccc2[nH]1. The Labute approximate surface area is 135 Å². The molecule has 2 N–H and O–H groups in total. The minimum absolute atomic E-state index is 0.0324. The minimum Gasteiger partial charge on any atom is -0.347 e. The maximum Gasteiger partial charge on any atom is 0.246 e. The number of hydrogen-bond donors (Lipinski definition) is 2. The third-order valence-corrected chi connectivity index (χ3v) is 4.44. The number of H-pyrrole nitrogens is 1. The Balaban J connectivity index is 1.87. The molecule has 2 aromatic rings. The van der Waals surface area contributed by atoms with Gasteiger partial charge in [-0.05, 0) is 30.9 Å². The average Bonchev–Trinajstić information content (AvgIpc) is 3.17. The van der Waals surface area contributed by atoms with Gasteiger partial charge in [-0.3, -0.25) is 9.59 Å². The van der Waals surface area contributed by atoms with Crippen LogP contribution in [0.4, 0.5) is 0 Å². The van der Waals surface area contributed by atoms with Crippen molar-refractivity contribution in [3.8, 4) is 0 Å². The molecule has 23 heavy (non-hydrogen) atoms. The number of carbonyl (C=O) groups excluding carboxylic acids is 2. The third kappa shape index (κ3) is 2.93. The highest BCUT2D eigenvalue weighted by atomic mass is 16.2. The molecule has 1 aromatic heterocycles. The Morgan fingerprint density at radius 2 is 2.22 bits per heavy atom. The molecule has 0 spiro atoms. The lowest BCUT2D eigenvalue weighted by Gasteiger charge is -2.29. The summed E-state index contributed by atoms with van der Waals surface area (Å²) in [4.78, 5) is 33.5. The van der Waals surface area contributed by atoms with E-state index >= 15 is 0 Å². The normalized spacial score (nSPS) is 19.3. The number of imidazole rings is 1. The molecule has 1 aliphatic heterocycles. The summed E-state index contributed by atoms with van der Waals surface area (Å²) in [6, 6.07) is 7.32. The number of likely N-dealkylation sites (tertiary alicyclic amines) is 1. The van der Waals surface area contributed by atoms with E-state index in [1.54, 1.807) is 0 Å². The van der Waals surface area contributed by atoms with Gasteiger partial charge >= 0.3 is 0 Å². The lowest BCUT2D eigenvalue weighted by Crippen LogP contribution is -2.48. The molecule has 1 aromatic carbocycles. The second-order valence-corrected chi connectivity index (χ2v) is 6.34. The molecule has 122 valence electrons. The van der Waals surface area contributed by atoms with Gasteiger partial charge < -0.3 is 15.2 Å². The number of aromatic amines is 1. The molecule has 0 radical (unpaired) electrons. The van der Waals surface area contributed by atoms with Crippen LogP contribution >= 0.6 is 0 Å². The lowest BCUT2D eigenvalue weighted by atomic mass is 10.0. The van der Waals surface area contributed by atoms with Crippen molar-refractivity contribution >= 4 is 23.4 Å². The number of nitrogens with one attached hydrogen (secondary N) is 2. The van der Waals surface area contributed by atoms with Crippen LogP contribution in [0.1, 0.15) is 38.6 Å². The molecule has 1 aliphatic rings. The van der Waals surface area contributed by atoms with Crippen LogP contribution in [0.3, 0.4) is 0 Å². The van der Waals surface area contributed by atoms with E-state index in [4.69, 9.17) is 0 Å². The van der Waals surface area contributed by atoms with Gasteiger partial charge in [-0.25, -0.2) is 4.98 Å². The van der Waals surface area contributed by atoms with E-state index in [1.165, 1.54) is 0 Å². The monoisotopic (exact) mass is 314 g/mol. The lowest BCUT2D eigenvalue weighted by molar-refractivity contribution is -0.137. The summed E-state index contributed by atoms with van der Waals surface area (Å²) in [6.45, 7) is 4.57. The largest absolute Gasteiger partial charge is 0.347 e. The molecule has 2 unspecified atom stereocenters. The van der Waals surface area contributed by atoms with Crippen LogP contribution < -0.4 is 5.32 Å². The van der Waals surface area contributed by atoms with E-state index < -0.39 is 6.04 Å². The Bertz CT molecular complexity index is 676. The van der Waals surface area contributed by atoms with Gasteiger partial charge in [-0.2, -0.15) is 0 Å². The molecule has 1 fully saturated rings. The number of hydrogen-bond acceptors (Lipinski definition) is 3. The summed E-state index contributed by atoms with van der Waals surface area (Å²) in [5, 5.41) is 2.65. The van der Waals surface area contributed by atoms with Crippen LogP contribution in [-0.4, -0.2) is 39.8 Å². The van der Waals surface area contributed by atoms with E-state index in [-0.39, 0.29) is 17.9 Å². The van der Waals surface area contributed by atoms with Crippen molar-refractivity contribution in [1.29, 1.82) is 0 Å². The van der Waals surface area contributed by atoms with Crippen molar-refractivity contribution < 1.29 is 9.59 Å². The van der Waals surface area contributed by atoms with Crippen LogP contribution in [0.15, 0.2) is 24.3 Å². The molecule has 1 saturated heterocycles. The summed E-state index contributed by atoms with van der Waals surface area (Å²) in [5.41, 5.74) is 1.89. The van der Waals surface area contributed by atoms with Crippen LogP contribution in [0, 0.1) is 5.92 Å². The van der Waals surface area contributed by atoms with Gasteiger partial charge in [0.15, 0.2) is 0 Å². The highest BCUT2D eigenvalue weighted by Gasteiger charge is 2.36. The van der Waals surface area contributed by atoms with Crippen LogP contribution in [-0.2, 0) is 9.59 Å². The first-order chi connectivity index (χ1) is 11.1. The summed E-state index contributed by atoms with van der Waals surface area (Å²) >= 11 is 0. The predicted octanol–water partition coefficient (Wildman–Crippen LogP) is 2.00. The fourth-order valence-corrected chi connectivity index (χ4v) is 3.25. The molecule has 0 aliphatic carbocycles. The number of nitrogens with zero attached hydrogens (tertiary/aromatic N) is 2. The van der Waals surface area contributed by atoms with Crippen LogP contribution in [0.2, 0.25) is 0 Å². The second kappa shape index (κ2) is 6.40. The zero-order valence-electron chi connectivity index (χ0n) is 13.5. The first kappa shape index (κ1) is 15.5. The number of amides is 2. The summed E-state index contributed by atoms with van der Waals surface area (Å²) in [7, 11) is 0. The number of benzene rings is 1. The summed E-state index contributed by atoms with van der Waals surface area (Å²) in [6.07, 6.45) is 2.44. The maximum atomic E-state index is 12.8. The third-order valence-electron chi connectivity index (χ3n) is 4.44. The first-order valence-corrected chi connectivity index (χ1v) is 8.06. The van der Waals surface area contributed by atoms with E-state index in [9.17, 15) is 9.59 Å². The van der Waals surface area contributed by atoms with E-state index in [2.05, 4.69) is 15.3 Å². The number of carbonyl (C=O) groups is 2. The summed E-state index contributed by atoms with van der Waals surface area (Å²) < 4.78 is 0. The zero-order chi connectivity index (χ0) is 16.4. The fraction of sp³-hybridized carbons (Fsp3) is 0.471. The van der Waals surface area contributed by atoms with Crippen molar-refractivity contribution in [2.24, 2.45) is 5.92 Å². The van der Waals surface area contributed by atoms with Crippen molar-refractivity contribution in [3.05, 3.63) is 30.1 Å². The van der Waals surface area contributed by atoms with Crippen LogP contribution in [0.25, 0.3) is 11.0 Å². The van der Waals surface area contributed by atoms with E-state index in [0.29, 0.717) is 13.0 Å². The Hall–Kier alpha value is -2.37. The highest BCUT2D eigenvalue weighted by molar-refractivity contribution is 5.84. The molecule has 6 heteroatoms. The van der Waals surface area contributed by atoms with Crippen molar-refractivity contribution in [2.75, 3.05) is 6.54 Å².